The summed E-state index contributed by atoms with van der Waals surface area (Å²) in [7, 11) is 0. The molecule has 2 saturated carbocycles. The Kier molecular flexibility index (Phi) is 2.70. The summed E-state index contributed by atoms with van der Waals surface area (Å²) in [6.07, 6.45) is 8.02. The fourth-order valence-electron chi connectivity index (χ4n) is 4.42. The van der Waals surface area contributed by atoms with Gasteiger partial charge in [-0.15, -0.1) is 0 Å². The zero-order valence-electron chi connectivity index (χ0n) is 10.2. The number of allylic oxidation sites excluding steroid dienone is 1. The van der Waals surface area contributed by atoms with Crippen LogP contribution in [-0.2, 0) is 0 Å². The quantitative estimate of drug-likeness (QED) is 0.790. The van der Waals surface area contributed by atoms with E-state index in [2.05, 4.69) is 17.9 Å². The third-order valence-electron chi connectivity index (χ3n) is 5.16. The lowest BCUT2D eigenvalue weighted by molar-refractivity contribution is 0.188. The predicted octanol–water partition coefficient (Wildman–Crippen LogP) is 2.25. The van der Waals surface area contributed by atoms with Gasteiger partial charge in [0.2, 0.25) is 0 Å². The maximum Gasteiger partial charge on any atom is 0.0606 e. The predicted molar refractivity (Wildman–Crippen MR) is 64.8 cm³/mol. The molecule has 3 rings (SSSR count). The van der Waals surface area contributed by atoms with E-state index in [1.54, 1.807) is 5.70 Å². The van der Waals surface area contributed by atoms with Crippen LogP contribution in [0.2, 0.25) is 0 Å². The highest BCUT2D eigenvalue weighted by molar-refractivity contribution is 5.17. The summed E-state index contributed by atoms with van der Waals surface area (Å²) in [5.74, 6) is 3.63. The monoisotopic (exact) mass is 221 g/mol. The van der Waals surface area contributed by atoms with Gasteiger partial charge in [-0.1, -0.05) is 13.0 Å². The molecule has 16 heavy (non-hydrogen) atoms. The number of hydrogen-bond donors (Lipinski definition) is 1. The van der Waals surface area contributed by atoms with Gasteiger partial charge in [-0.2, -0.15) is 0 Å². The van der Waals surface area contributed by atoms with E-state index in [0.29, 0.717) is 6.61 Å². The summed E-state index contributed by atoms with van der Waals surface area (Å²) < 4.78 is 0. The molecular formula is C14H23NO. The Morgan fingerprint density at radius 1 is 1.38 bits per heavy atom. The minimum Gasteiger partial charge on any atom is -0.395 e. The van der Waals surface area contributed by atoms with Crippen molar-refractivity contribution in [3.63, 3.8) is 0 Å². The van der Waals surface area contributed by atoms with Gasteiger partial charge >= 0.3 is 0 Å². The Bertz CT molecular complexity index is 297. The highest BCUT2D eigenvalue weighted by Gasteiger charge is 2.47. The van der Waals surface area contributed by atoms with Crippen LogP contribution in [0.1, 0.15) is 32.6 Å². The van der Waals surface area contributed by atoms with E-state index in [4.69, 9.17) is 5.11 Å². The van der Waals surface area contributed by atoms with Crippen LogP contribution in [0, 0.1) is 23.7 Å². The highest BCUT2D eigenvalue weighted by Crippen LogP contribution is 2.55. The zero-order valence-corrected chi connectivity index (χ0v) is 10.2. The summed E-state index contributed by atoms with van der Waals surface area (Å²) >= 11 is 0. The van der Waals surface area contributed by atoms with E-state index in [-0.39, 0.29) is 0 Å². The van der Waals surface area contributed by atoms with Crippen LogP contribution in [0.5, 0.6) is 0 Å². The molecule has 2 bridgehead atoms. The van der Waals surface area contributed by atoms with Gasteiger partial charge in [0.1, 0.15) is 0 Å². The molecule has 0 amide bonds. The van der Waals surface area contributed by atoms with Crippen molar-refractivity contribution in [3.05, 3.63) is 11.8 Å². The van der Waals surface area contributed by atoms with Gasteiger partial charge in [-0.3, -0.25) is 0 Å². The van der Waals surface area contributed by atoms with Crippen molar-refractivity contribution in [2.45, 2.75) is 32.6 Å². The normalized spacial score (nSPS) is 41.9. The molecule has 90 valence electrons. The lowest BCUT2D eigenvalue weighted by atomic mass is 9.78. The molecule has 2 heteroatoms. The van der Waals surface area contributed by atoms with Crippen LogP contribution in [0.25, 0.3) is 0 Å². The van der Waals surface area contributed by atoms with Crippen LogP contribution in [0.3, 0.4) is 0 Å². The Balaban J connectivity index is 1.77. The van der Waals surface area contributed by atoms with E-state index in [0.717, 1.165) is 36.8 Å². The maximum atomic E-state index is 9.12. The number of rotatable bonds is 3. The number of aliphatic hydroxyl groups is 1. The lowest BCUT2D eigenvalue weighted by Gasteiger charge is -2.34. The lowest BCUT2D eigenvalue weighted by Crippen LogP contribution is -2.32. The average Bonchev–Trinajstić information content (AvgIpc) is 2.94. The largest absolute Gasteiger partial charge is 0.395 e. The summed E-state index contributed by atoms with van der Waals surface area (Å²) in [5.41, 5.74) is 1.58. The number of aliphatic hydroxyl groups excluding tert-OH is 1. The number of fused-ring (bicyclic) bond motifs is 2. The van der Waals surface area contributed by atoms with Crippen molar-refractivity contribution in [2.24, 2.45) is 23.7 Å². The number of hydrogen-bond acceptors (Lipinski definition) is 2. The van der Waals surface area contributed by atoms with Crippen molar-refractivity contribution in [1.82, 2.24) is 4.90 Å². The van der Waals surface area contributed by atoms with Crippen molar-refractivity contribution < 1.29 is 5.11 Å². The molecule has 0 aromatic rings. The Hall–Kier alpha value is -0.500. The topological polar surface area (TPSA) is 23.5 Å². The van der Waals surface area contributed by atoms with Crippen LogP contribution < -0.4 is 0 Å². The molecule has 2 fully saturated rings. The molecule has 3 aliphatic rings. The maximum absolute atomic E-state index is 9.12. The smallest absolute Gasteiger partial charge is 0.0606 e. The molecule has 1 N–H and O–H groups in total. The van der Waals surface area contributed by atoms with E-state index in [9.17, 15) is 0 Å². The minimum absolute atomic E-state index is 0.298. The van der Waals surface area contributed by atoms with Crippen molar-refractivity contribution in [1.29, 1.82) is 0 Å². The molecule has 1 heterocycles. The molecule has 0 saturated heterocycles. The second kappa shape index (κ2) is 4.06. The average molecular weight is 221 g/mol. The van der Waals surface area contributed by atoms with E-state index >= 15 is 0 Å². The first-order valence-electron chi connectivity index (χ1n) is 6.87. The molecule has 0 spiro atoms. The molecule has 0 aromatic carbocycles. The van der Waals surface area contributed by atoms with Gasteiger partial charge in [0.05, 0.1) is 6.61 Å². The summed E-state index contributed by atoms with van der Waals surface area (Å²) in [6.45, 7) is 4.72. The van der Waals surface area contributed by atoms with E-state index in [1.807, 2.05) is 0 Å². The van der Waals surface area contributed by atoms with Crippen LogP contribution in [0.15, 0.2) is 11.8 Å². The Labute approximate surface area is 98.3 Å². The second-order valence-corrected chi connectivity index (χ2v) is 5.85. The molecule has 0 aromatic heterocycles. The molecule has 0 radical (unpaired) electrons. The highest BCUT2D eigenvalue weighted by atomic mass is 16.3. The van der Waals surface area contributed by atoms with Gasteiger partial charge in [0.25, 0.3) is 0 Å². The first-order chi connectivity index (χ1) is 7.81. The van der Waals surface area contributed by atoms with Crippen LogP contribution in [0.4, 0.5) is 0 Å². The SMILES string of the molecule is C[C@@H]1[C@@H]2CC[C@@H](C2)[C@@H]1C1=CCCN1CCO. The number of nitrogens with zero attached hydrogens (tertiary/aromatic N) is 1. The Morgan fingerprint density at radius 3 is 2.88 bits per heavy atom. The van der Waals surface area contributed by atoms with Gasteiger partial charge in [0.15, 0.2) is 0 Å². The zero-order chi connectivity index (χ0) is 11.1. The summed E-state index contributed by atoms with van der Waals surface area (Å²) in [4.78, 5) is 2.43. The van der Waals surface area contributed by atoms with Gasteiger partial charge in [-0.25, -0.2) is 0 Å². The van der Waals surface area contributed by atoms with E-state index < -0.39 is 0 Å². The molecule has 2 nitrogen and oxygen atoms in total. The molecule has 1 aliphatic heterocycles. The molecule has 0 unspecified atom stereocenters. The summed E-state index contributed by atoms with van der Waals surface area (Å²) in [6, 6.07) is 0. The number of β-amino-alcohol motifs (C(OH)–C–C–N with tert-alkyl or cyclic N) is 1. The molecule has 4 atom stereocenters. The van der Waals surface area contributed by atoms with Crippen molar-refractivity contribution in [3.8, 4) is 0 Å². The Morgan fingerprint density at radius 2 is 2.19 bits per heavy atom. The first kappa shape index (κ1) is 10.6. The second-order valence-electron chi connectivity index (χ2n) is 5.85. The summed E-state index contributed by atoms with van der Waals surface area (Å²) in [5, 5.41) is 9.12. The first-order valence-corrected chi connectivity index (χ1v) is 6.87. The fourth-order valence-corrected chi connectivity index (χ4v) is 4.42. The van der Waals surface area contributed by atoms with Crippen molar-refractivity contribution in [2.75, 3.05) is 19.7 Å². The van der Waals surface area contributed by atoms with Crippen molar-refractivity contribution >= 4 is 0 Å². The fraction of sp³-hybridized carbons (Fsp3) is 0.857. The van der Waals surface area contributed by atoms with Gasteiger partial charge in [-0.05, 0) is 43.4 Å². The third-order valence-corrected chi connectivity index (χ3v) is 5.16. The van der Waals surface area contributed by atoms with E-state index in [1.165, 1.54) is 25.7 Å². The standard InChI is InChI=1S/C14H23NO/c1-10-11-4-5-12(9-11)14(10)13-3-2-6-15(13)7-8-16/h3,10-12,14,16H,2,4-9H2,1H3/t10-,11-,12+,14-/m1/s1. The van der Waals surface area contributed by atoms with Crippen LogP contribution in [-0.4, -0.2) is 29.7 Å². The third kappa shape index (κ3) is 1.50. The minimum atomic E-state index is 0.298. The van der Waals surface area contributed by atoms with Gasteiger partial charge < -0.3 is 10.0 Å². The van der Waals surface area contributed by atoms with Gasteiger partial charge in [0, 0.05) is 24.7 Å². The molecule has 2 aliphatic carbocycles. The molecular weight excluding hydrogens is 198 g/mol. The van der Waals surface area contributed by atoms with Crippen LogP contribution >= 0.6 is 0 Å².